The molecular formula is C28H36N4O3. The van der Waals surface area contributed by atoms with Gasteiger partial charge in [0.15, 0.2) is 0 Å². The van der Waals surface area contributed by atoms with E-state index >= 15 is 0 Å². The molecule has 7 nitrogen and oxygen atoms in total. The maximum absolute atomic E-state index is 12.0. The van der Waals surface area contributed by atoms with Crippen LogP contribution in [0.2, 0.25) is 0 Å². The number of fused-ring (bicyclic) bond motifs is 1. The number of carbonyl (C=O) groups is 1. The third-order valence-corrected chi connectivity index (χ3v) is 7.49. The minimum absolute atomic E-state index is 0.242. The second-order valence-corrected chi connectivity index (χ2v) is 9.99. The van der Waals surface area contributed by atoms with Gasteiger partial charge in [-0.3, -0.25) is 4.79 Å². The zero-order chi connectivity index (χ0) is 24.4. The van der Waals surface area contributed by atoms with Crippen molar-refractivity contribution in [3.63, 3.8) is 0 Å². The molecule has 2 saturated heterocycles. The molecule has 2 fully saturated rings. The number of nitrogens with one attached hydrogen (secondary N) is 1. The van der Waals surface area contributed by atoms with Crippen LogP contribution in [-0.4, -0.2) is 67.3 Å². The van der Waals surface area contributed by atoms with Crippen molar-refractivity contribution in [1.29, 1.82) is 0 Å². The molecule has 1 atom stereocenters. The molecule has 0 radical (unpaired) electrons. The van der Waals surface area contributed by atoms with Gasteiger partial charge in [-0.1, -0.05) is 6.07 Å². The topological polar surface area (TPSA) is 70.7 Å². The summed E-state index contributed by atoms with van der Waals surface area (Å²) in [6.45, 7) is 8.84. The van der Waals surface area contributed by atoms with Gasteiger partial charge in [0.25, 0.3) is 0 Å². The number of pyridine rings is 1. The first kappa shape index (κ1) is 23.7. The van der Waals surface area contributed by atoms with E-state index in [9.17, 15) is 4.79 Å². The predicted octanol–water partition coefficient (Wildman–Crippen LogP) is 4.24. The molecule has 1 unspecified atom stereocenters. The van der Waals surface area contributed by atoms with Gasteiger partial charge in [-0.25, -0.2) is 4.98 Å². The number of anilines is 1. The Kier molecular flexibility index (Phi) is 6.95. The summed E-state index contributed by atoms with van der Waals surface area (Å²) in [5, 5.41) is 1.27. The summed E-state index contributed by atoms with van der Waals surface area (Å²) in [5.74, 6) is 2.45. The first-order valence-electron chi connectivity index (χ1n) is 12.7. The van der Waals surface area contributed by atoms with Crippen molar-refractivity contribution in [2.75, 3.05) is 51.4 Å². The number of nitrogens with zero attached hydrogens (tertiary/aromatic N) is 3. The second kappa shape index (κ2) is 10.3. The fourth-order valence-corrected chi connectivity index (χ4v) is 5.10. The number of ether oxygens (including phenoxy) is 2. The Bertz CT molecular complexity index is 1200. The summed E-state index contributed by atoms with van der Waals surface area (Å²) < 4.78 is 11.8. The van der Waals surface area contributed by atoms with Gasteiger partial charge >= 0.3 is 0 Å². The summed E-state index contributed by atoms with van der Waals surface area (Å²) in [4.78, 5) is 24.6. The number of piperidine rings is 1. The smallest absolute Gasteiger partial charge is 0.222 e. The third kappa shape index (κ3) is 5.45. The molecule has 35 heavy (non-hydrogen) atoms. The molecule has 5 rings (SSSR count). The minimum atomic E-state index is 0.242. The highest BCUT2D eigenvalue weighted by Gasteiger charge is 2.23. The largest absolute Gasteiger partial charge is 0.493 e. The highest BCUT2D eigenvalue weighted by Crippen LogP contribution is 2.27. The number of morpholine rings is 1. The third-order valence-electron chi connectivity index (χ3n) is 7.49. The Hall–Kier alpha value is -3.06. The van der Waals surface area contributed by atoms with Crippen LogP contribution >= 0.6 is 0 Å². The van der Waals surface area contributed by atoms with Gasteiger partial charge in [-0.15, -0.1) is 0 Å². The maximum Gasteiger partial charge on any atom is 0.222 e. The number of aromatic nitrogens is 2. The second-order valence-electron chi connectivity index (χ2n) is 9.99. The van der Waals surface area contributed by atoms with Gasteiger partial charge in [0.05, 0.1) is 25.5 Å². The van der Waals surface area contributed by atoms with E-state index in [1.807, 2.05) is 11.9 Å². The summed E-state index contributed by atoms with van der Waals surface area (Å²) >= 11 is 0. The van der Waals surface area contributed by atoms with Crippen LogP contribution in [0.3, 0.4) is 0 Å². The molecular weight excluding hydrogens is 440 g/mol. The summed E-state index contributed by atoms with van der Waals surface area (Å²) in [6, 6.07) is 10.7. The molecule has 4 heterocycles. The molecule has 2 aliphatic heterocycles. The van der Waals surface area contributed by atoms with Gasteiger partial charge in [-0.05, 0) is 55.9 Å². The van der Waals surface area contributed by atoms with Crippen molar-refractivity contribution in [3.05, 3.63) is 52.8 Å². The summed E-state index contributed by atoms with van der Waals surface area (Å²) in [7, 11) is 1.89. The van der Waals surface area contributed by atoms with Crippen LogP contribution in [0.25, 0.3) is 10.9 Å². The van der Waals surface area contributed by atoms with Crippen LogP contribution in [-0.2, 0) is 16.0 Å². The molecule has 0 spiro atoms. The lowest BCUT2D eigenvalue weighted by molar-refractivity contribution is -0.133. The Balaban J connectivity index is 1.33. The van der Waals surface area contributed by atoms with Crippen molar-refractivity contribution in [2.24, 2.45) is 5.92 Å². The average molecular weight is 477 g/mol. The number of H-pyrrole nitrogens is 1. The molecule has 0 saturated carbocycles. The number of aryl methyl sites for hydroxylation is 2. The van der Waals surface area contributed by atoms with Crippen LogP contribution in [0.15, 0.2) is 30.3 Å². The lowest BCUT2D eigenvalue weighted by Crippen LogP contribution is -2.37. The van der Waals surface area contributed by atoms with Crippen LogP contribution in [0.5, 0.6) is 5.75 Å². The molecule has 1 aromatic carbocycles. The van der Waals surface area contributed by atoms with Gasteiger partial charge in [0, 0.05) is 68.3 Å². The van der Waals surface area contributed by atoms with Crippen molar-refractivity contribution >= 4 is 22.6 Å². The maximum atomic E-state index is 12.0. The molecule has 186 valence electrons. The predicted molar refractivity (Wildman–Crippen MR) is 138 cm³/mol. The van der Waals surface area contributed by atoms with E-state index in [0.29, 0.717) is 18.9 Å². The molecule has 0 bridgehead atoms. The fourth-order valence-electron chi connectivity index (χ4n) is 5.10. The number of hydrogen-bond acceptors (Lipinski definition) is 5. The van der Waals surface area contributed by atoms with E-state index in [-0.39, 0.29) is 5.91 Å². The summed E-state index contributed by atoms with van der Waals surface area (Å²) in [6.07, 6.45) is 3.32. The Morgan fingerprint density at radius 2 is 1.97 bits per heavy atom. The number of hydrogen-bond donors (Lipinski definition) is 1. The van der Waals surface area contributed by atoms with Crippen molar-refractivity contribution in [3.8, 4) is 5.75 Å². The monoisotopic (exact) mass is 476 g/mol. The first-order valence-corrected chi connectivity index (χ1v) is 12.7. The first-order chi connectivity index (χ1) is 17.0. The number of carbonyl (C=O) groups excluding carboxylic acids is 1. The zero-order valence-corrected chi connectivity index (χ0v) is 21.1. The van der Waals surface area contributed by atoms with Crippen LogP contribution in [0.1, 0.15) is 41.8 Å². The Labute approximate surface area is 207 Å². The number of benzene rings is 1. The highest BCUT2D eigenvalue weighted by atomic mass is 16.5. The molecule has 7 heteroatoms. The molecule has 1 N–H and O–H groups in total. The fraction of sp³-hybridized carbons (Fsp3) is 0.500. The van der Waals surface area contributed by atoms with Crippen LogP contribution < -0.4 is 9.64 Å². The van der Waals surface area contributed by atoms with E-state index in [1.165, 1.54) is 27.7 Å². The summed E-state index contributed by atoms with van der Waals surface area (Å²) in [5.41, 5.74) is 5.93. The van der Waals surface area contributed by atoms with E-state index in [1.54, 1.807) is 0 Å². The van der Waals surface area contributed by atoms with Gasteiger partial charge in [-0.2, -0.15) is 0 Å². The van der Waals surface area contributed by atoms with Crippen LogP contribution in [0, 0.1) is 19.8 Å². The van der Waals surface area contributed by atoms with Crippen molar-refractivity contribution in [2.45, 2.75) is 39.5 Å². The Morgan fingerprint density at radius 1 is 1.14 bits per heavy atom. The number of likely N-dealkylation sites (tertiary alicyclic amines) is 1. The Morgan fingerprint density at radius 3 is 2.77 bits per heavy atom. The molecule has 1 amide bonds. The van der Waals surface area contributed by atoms with Gasteiger partial charge in [0.2, 0.25) is 5.91 Å². The van der Waals surface area contributed by atoms with Crippen molar-refractivity contribution in [1.82, 2.24) is 14.9 Å². The van der Waals surface area contributed by atoms with Crippen LogP contribution in [0.4, 0.5) is 5.82 Å². The standard InChI is InChI=1S/C28H36N4O3/c1-19-20(2)29-26-5-4-22(15-25(19)26)14-23-17-24(18-27(30-23)32-9-12-34-13-10-32)35-11-7-21-6-8-31(3)28(33)16-21/h4-5,15,17-18,21,29H,6-14,16H2,1-3H3. The number of aromatic amines is 1. The van der Waals surface area contributed by atoms with E-state index in [4.69, 9.17) is 14.5 Å². The van der Waals surface area contributed by atoms with Gasteiger partial charge < -0.3 is 24.3 Å². The van der Waals surface area contributed by atoms with E-state index in [2.05, 4.69) is 54.1 Å². The zero-order valence-electron chi connectivity index (χ0n) is 21.1. The SMILES string of the molecule is Cc1[nH]c2ccc(Cc3cc(OCCC4CCN(C)C(=O)C4)cc(N4CCOCC4)n3)cc2c1C. The average Bonchev–Trinajstić information content (AvgIpc) is 3.15. The quantitative estimate of drug-likeness (QED) is 0.552. The van der Waals surface area contributed by atoms with Gasteiger partial charge in [0.1, 0.15) is 11.6 Å². The number of amides is 1. The lowest BCUT2D eigenvalue weighted by Gasteiger charge is -2.29. The van der Waals surface area contributed by atoms with E-state index < -0.39 is 0 Å². The molecule has 3 aromatic rings. The minimum Gasteiger partial charge on any atom is -0.493 e. The molecule has 2 aliphatic rings. The van der Waals surface area contributed by atoms with E-state index in [0.717, 1.165) is 69.4 Å². The normalized spacial score (nSPS) is 18.9. The lowest BCUT2D eigenvalue weighted by atomic mass is 9.94. The highest BCUT2D eigenvalue weighted by molar-refractivity contribution is 5.85. The molecule has 2 aromatic heterocycles. The number of rotatable bonds is 7. The van der Waals surface area contributed by atoms with Crippen molar-refractivity contribution < 1.29 is 14.3 Å². The molecule has 0 aliphatic carbocycles.